The standard InChI is InChI=1S/2C10H15.C6H5.H2O.Zr/c2*1-6-7(2)9(4)10(5)8(6)3;1-2-4-6-5-3-1;;/h2*1-5H3;1-5H;1H2;/q;;-1;;. The average molecular weight is 457 g/mol. The Morgan fingerprint density at radius 1 is 0.393 bits per heavy atom. The van der Waals surface area contributed by atoms with Crippen molar-refractivity contribution in [2.24, 2.45) is 0 Å². The first-order valence-electron chi connectivity index (χ1n) is 9.41. The predicted molar refractivity (Wildman–Crippen MR) is 118 cm³/mol. The van der Waals surface area contributed by atoms with Crippen LogP contribution in [0.15, 0.2) is 30.3 Å². The smallest absolute Gasteiger partial charge is 0 e. The van der Waals surface area contributed by atoms with Crippen molar-refractivity contribution in [3.63, 3.8) is 0 Å². The fraction of sp³-hybridized carbons (Fsp3) is 0.385. The molecule has 2 heteroatoms. The topological polar surface area (TPSA) is 31.5 Å². The summed E-state index contributed by atoms with van der Waals surface area (Å²) in [5.41, 5.74) is 0. The van der Waals surface area contributed by atoms with Gasteiger partial charge >= 0.3 is 0 Å². The third kappa shape index (κ3) is 7.72. The van der Waals surface area contributed by atoms with Gasteiger partial charge in [0.1, 0.15) is 0 Å². The fourth-order valence-corrected chi connectivity index (χ4v) is 3.15. The molecule has 0 atom stereocenters. The van der Waals surface area contributed by atoms with Gasteiger partial charge in [-0.15, -0.1) is 0 Å². The molecule has 0 aromatic heterocycles. The molecule has 2 saturated carbocycles. The van der Waals surface area contributed by atoms with Crippen LogP contribution in [0.1, 0.15) is 69.2 Å². The molecule has 0 aliphatic heterocycles. The zero-order valence-electron chi connectivity index (χ0n) is 19.4. The van der Waals surface area contributed by atoms with Crippen molar-refractivity contribution in [1.29, 1.82) is 0 Å². The van der Waals surface area contributed by atoms with Crippen molar-refractivity contribution in [2.75, 3.05) is 0 Å². The molecule has 28 heavy (non-hydrogen) atoms. The van der Waals surface area contributed by atoms with Crippen molar-refractivity contribution < 1.29 is 31.7 Å². The largest absolute Gasteiger partial charge is 0.412 e. The molecular formula is C26H37OZr-. The average Bonchev–Trinajstić information content (AvgIpc) is 2.94. The molecule has 0 bridgehead atoms. The van der Waals surface area contributed by atoms with Crippen LogP contribution in [0.3, 0.4) is 0 Å². The maximum absolute atomic E-state index is 2.89. The summed E-state index contributed by atoms with van der Waals surface area (Å²) in [7, 11) is 0. The fourth-order valence-electron chi connectivity index (χ4n) is 3.15. The van der Waals surface area contributed by atoms with E-state index in [0.29, 0.717) is 0 Å². The van der Waals surface area contributed by atoms with Crippen LogP contribution in [0.2, 0.25) is 0 Å². The third-order valence-electron chi connectivity index (χ3n) is 6.23. The molecule has 2 aliphatic rings. The molecule has 0 spiro atoms. The van der Waals surface area contributed by atoms with Crippen LogP contribution < -0.4 is 0 Å². The number of hydrogen-bond donors (Lipinski definition) is 0. The monoisotopic (exact) mass is 455 g/mol. The number of benzene rings is 1. The molecule has 152 valence electrons. The van der Waals surface area contributed by atoms with Crippen LogP contribution in [0.5, 0.6) is 0 Å². The van der Waals surface area contributed by atoms with Gasteiger partial charge in [-0.25, -0.2) is 0 Å². The van der Waals surface area contributed by atoms with Gasteiger partial charge in [0.15, 0.2) is 0 Å². The minimum absolute atomic E-state index is 0. The first kappa shape index (κ1) is 30.3. The van der Waals surface area contributed by atoms with Gasteiger partial charge in [0.25, 0.3) is 0 Å². The van der Waals surface area contributed by atoms with Gasteiger partial charge in [-0.1, -0.05) is 69.2 Å². The van der Waals surface area contributed by atoms with E-state index in [2.05, 4.69) is 75.3 Å². The van der Waals surface area contributed by atoms with Crippen LogP contribution in [0.25, 0.3) is 0 Å². The first-order valence-corrected chi connectivity index (χ1v) is 9.41. The number of rotatable bonds is 0. The Hall–Kier alpha value is 0.0631. The van der Waals surface area contributed by atoms with Crippen molar-refractivity contribution in [2.45, 2.75) is 69.2 Å². The summed E-state index contributed by atoms with van der Waals surface area (Å²) < 4.78 is 0. The van der Waals surface area contributed by atoms with Gasteiger partial charge in [0, 0.05) is 26.2 Å². The summed E-state index contributed by atoms with van der Waals surface area (Å²) in [6.45, 7) is 22.0. The van der Waals surface area contributed by atoms with Crippen molar-refractivity contribution >= 4 is 0 Å². The van der Waals surface area contributed by atoms with E-state index in [9.17, 15) is 0 Å². The molecule has 0 amide bonds. The minimum Gasteiger partial charge on any atom is -0.412 e. The summed E-state index contributed by atoms with van der Waals surface area (Å²) in [6.07, 6.45) is 0. The Morgan fingerprint density at radius 2 is 0.571 bits per heavy atom. The summed E-state index contributed by atoms with van der Waals surface area (Å²) in [4.78, 5) is 0. The van der Waals surface area contributed by atoms with Crippen molar-refractivity contribution in [3.05, 3.63) is 95.6 Å². The second kappa shape index (κ2) is 14.1. The molecule has 1 nitrogen and oxygen atoms in total. The van der Waals surface area contributed by atoms with Crippen molar-refractivity contribution in [1.82, 2.24) is 0 Å². The van der Waals surface area contributed by atoms with E-state index >= 15 is 0 Å². The minimum atomic E-state index is 0. The van der Waals surface area contributed by atoms with E-state index in [1.165, 1.54) is 59.2 Å². The Bertz CT molecular complexity index is 344. The maximum atomic E-state index is 2.89. The summed E-state index contributed by atoms with van der Waals surface area (Å²) in [5, 5.41) is 0. The zero-order chi connectivity index (χ0) is 20.0. The molecule has 2 aliphatic carbocycles. The molecule has 3 rings (SSSR count). The van der Waals surface area contributed by atoms with E-state index in [1.54, 1.807) is 0 Å². The quantitative estimate of drug-likeness (QED) is 0.394. The van der Waals surface area contributed by atoms with Gasteiger partial charge in [0.05, 0.1) is 0 Å². The van der Waals surface area contributed by atoms with Crippen molar-refractivity contribution in [3.8, 4) is 0 Å². The zero-order valence-corrected chi connectivity index (χ0v) is 21.8. The SMILES string of the molecule is C[C]1[C](C)[C](C)[C](C)[C]1C.C[C]1[C](C)[C](C)[C](C)[C]1C.O.[Zr].[c-]1ccccc1. The molecule has 2 N–H and O–H groups in total. The van der Waals surface area contributed by atoms with Gasteiger partial charge < -0.3 is 5.48 Å². The van der Waals surface area contributed by atoms with Crippen LogP contribution in [0, 0.1) is 65.2 Å². The van der Waals surface area contributed by atoms with Crippen LogP contribution in [-0.4, -0.2) is 5.48 Å². The second-order valence-electron chi connectivity index (χ2n) is 7.33. The third-order valence-corrected chi connectivity index (χ3v) is 6.23. The maximum Gasteiger partial charge on any atom is 0 e. The predicted octanol–water partition coefficient (Wildman–Crippen LogP) is 6.60. The van der Waals surface area contributed by atoms with Crippen LogP contribution in [0.4, 0.5) is 0 Å². The Balaban J connectivity index is 0. The molecule has 0 unspecified atom stereocenters. The summed E-state index contributed by atoms with van der Waals surface area (Å²) in [6, 6.07) is 12.5. The molecule has 2 fully saturated rings. The molecule has 1 aromatic carbocycles. The van der Waals surface area contributed by atoms with E-state index in [1.807, 2.05) is 30.3 Å². The molecule has 0 heterocycles. The molecule has 10 radical (unpaired) electrons. The normalized spacial score (nSPS) is 22.1. The van der Waals surface area contributed by atoms with Gasteiger partial charge in [-0.3, -0.25) is 0 Å². The second-order valence-corrected chi connectivity index (χ2v) is 7.33. The van der Waals surface area contributed by atoms with Crippen LogP contribution >= 0.6 is 0 Å². The summed E-state index contributed by atoms with van der Waals surface area (Å²) >= 11 is 0. The van der Waals surface area contributed by atoms with Gasteiger partial charge in [-0.05, 0) is 59.2 Å². The number of hydrogen-bond acceptors (Lipinski definition) is 0. The molecule has 0 saturated heterocycles. The van der Waals surface area contributed by atoms with Crippen LogP contribution in [-0.2, 0) is 26.2 Å². The van der Waals surface area contributed by atoms with Gasteiger partial charge in [0.2, 0.25) is 0 Å². The Labute approximate surface area is 195 Å². The Morgan fingerprint density at radius 3 is 0.643 bits per heavy atom. The summed E-state index contributed by atoms with van der Waals surface area (Å²) in [5.74, 6) is 14.7. The van der Waals surface area contributed by atoms with E-state index < -0.39 is 0 Å². The van der Waals surface area contributed by atoms with Gasteiger partial charge in [-0.2, -0.15) is 36.4 Å². The van der Waals surface area contributed by atoms with E-state index in [-0.39, 0.29) is 31.7 Å². The van der Waals surface area contributed by atoms with E-state index in [0.717, 1.165) is 0 Å². The molecular weight excluding hydrogens is 420 g/mol. The van der Waals surface area contributed by atoms with E-state index in [4.69, 9.17) is 0 Å². The Kier molecular flexibility index (Phi) is 15.3. The molecule has 1 aromatic rings. The first-order chi connectivity index (χ1) is 12.1.